The first-order valence-corrected chi connectivity index (χ1v) is 10.3. The number of carbonyl (C=O) groups excluding carboxylic acids is 1. The minimum absolute atomic E-state index is 0.00584. The maximum atomic E-state index is 13.2. The number of urea groups is 1. The Labute approximate surface area is 178 Å². The normalized spacial score (nSPS) is 21.3. The van der Waals surface area contributed by atoms with Gasteiger partial charge >= 0.3 is 12.2 Å². The van der Waals surface area contributed by atoms with Crippen LogP contribution in [0.4, 0.5) is 23.8 Å². The predicted octanol–water partition coefficient (Wildman–Crippen LogP) is 3.00. The summed E-state index contributed by atoms with van der Waals surface area (Å²) >= 11 is 0. The predicted molar refractivity (Wildman–Crippen MR) is 107 cm³/mol. The summed E-state index contributed by atoms with van der Waals surface area (Å²) in [6, 6.07) is 3.79. The number of hydrogen-bond acceptors (Lipinski definition) is 5. The molecule has 2 aromatic heterocycles. The fraction of sp³-hybridized carbons (Fsp3) is 0.550. The van der Waals surface area contributed by atoms with Crippen molar-refractivity contribution in [2.45, 2.75) is 38.0 Å². The molecule has 31 heavy (non-hydrogen) atoms. The zero-order chi connectivity index (χ0) is 22.0. The van der Waals surface area contributed by atoms with Crippen molar-refractivity contribution >= 4 is 11.8 Å². The maximum absolute atomic E-state index is 13.2. The molecule has 0 aliphatic carbocycles. The first-order chi connectivity index (χ1) is 14.8. The zero-order valence-corrected chi connectivity index (χ0v) is 17.2. The molecule has 8 nitrogen and oxygen atoms in total. The van der Waals surface area contributed by atoms with E-state index in [0.717, 1.165) is 49.9 Å². The lowest BCUT2D eigenvalue weighted by Crippen LogP contribution is -2.58. The lowest BCUT2D eigenvalue weighted by molar-refractivity contribution is -0.137. The van der Waals surface area contributed by atoms with Crippen LogP contribution in [0, 0.1) is 0 Å². The van der Waals surface area contributed by atoms with Crippen LogP contribution < -0.4 is 5.32 Å². The monoisotopic (exact) mass is 438 g/mol. The number of carbonyl (C=O) groups is 1. The van der Waals surface area contributed by atoms with Crippen molar-refractivity contribution in [3.63, 3.8) is 0 Å². The highest BCUT2D eigenvalue weighted by Crippen LogP contribution is 2.32. The van der Waals surface area contributed by atoms with Gasteiger partial charge in [-0.05, 0) is 31.9 Å². The van der Waals surface area contributed by atoms with Crippen LogP contribution in [-0.2, 0) is 10.9 Å². The molecule has 0 unspecified atom stereocenters. The van der Waals surface area contributed by atoms with E-state index in [1.807, 2.05) is 6.92 Å². The third-order valence-corrected chi connectivity index (χ3v) is 5.76. The Morgan fingerprint density at radius 1 is 1.23 bits per heavy atom. The molecule has 4 heterocycles. The Morgan fingerprint density at radius 2 is 2.00 bits per heavy atom. The number of anilines is 1. The van der Waals surface area contributed by atoms with E-state index >= 15 is 0 Å². The Bertz CT molecular complexity index is 912. The Kier molecular flexibility index (Phi) is 6.15. The second-order valence-electron chi connectivity index (χ2n) is 7.83. The van der Waals surface area contributed by atoms with E-state index in [9.17, 15) is 18.0 Å². The Morgan fingerprint density at radius 3 is 2.71 bits per heavy atom. The number of hydrogen-bond donors (Lipinski definition) is 1. The van der Waals surface area contributed by atoms with Gasteiger partial charge in [0.2, 0.25) is 0 Å². The number of pyridine rings is 1. The number of ether oxygens (including phenoxy) is 1. The van der Waals surface area contributed by atoms with Gasteiger partial charge in [0.15, 0.2) is 11.6 Å². The summed E-state index contributed by atoms with van der Waals surface area (Å²) < 4.78 is 46.1. The minimum Gasteiger partial charge on any atom is -0.381 e. The summed E-state index contributed by atoms with van der Waals surface area (Å²) in [7, 11) is 0. The van der Waals surface area contributed by atoms with Crippen LogP contribution in [0.5, 0.6) is 0 Å². The van der Waals surface area contributed by atoms with Gasteiger partial charge in [-0.25, -0.2) is 14.5 Å². The number of nitrogens with zero attached hydrogens (tertiary/aromatic N) is 5. The van der Waals surface area contributed by atoms with Crippen LogP contribution in [-0.4, -0.2) is 75.5 Å². The fourth-order valence-electron chi connectivity index (χ4n) is 4.16. The summed E-state index contributed by atoms with van der Waals surface area (Å²) in [4.78, 5) is 20.7. The first-order valence-electron chi connectivity index (χ1n) is 10.3. The van der Waals surface area contributed by atoms with Crippen molar-refractivity contribution in [2.75, 3.05) is 38.2 Å². The quantitative estimate of drug-likeness (QED) is 0.798. The number of rotatable bonds is 3. The van der Waals surface area contributed by atoms with Crippen LogP contribution in [0.15, 0.2) is 30.6 Å². The molecule has 2 aliphatic heterocycles. The van der Waals surface area contributed by atoms with Crippen LogP contribution in [0.2, 0.25) is 0 Å². The molecule has 4 rings (SSSR count). The van der Waals surface area contributed by atoms with E-state index in [-0.39, 0.29) is 23.7 Å². The van der Waals surface area contributed by atoms with Gasteiger partial charge in [0.25, 0.3) is 0 Å². The van der Waals surface area contributed by atoms with Gasteiger partial charge in [-0.15, -0.1) is 5.10 Å². The number of nitrogens with one attached hydrogen (secondary N) is 1. The van der Waals surface area contributed by atoms with Crippen LogP contribution >= 0.6 is 0 Å². The molecule has 2 fully saturated rings. The van der Waals surface area contributed by atoms with E-state index in [1.54, 1.807) is 4.90 Å². The van der Waals surface area contributed by atoms with Crippen molar-refractivity contribution in [2.24, 2.45) is 0 Å². The summed E-state index contributed by atoms with van der Waals surface area (Å²) in [5.41, 5.74) is -0.895. The van der Waals surface area contributed by atoms with E-state index in [0.29, 0.717) is 12.6 Å². The minimum atomic E-state index is -4.56. The number of aromatic nitrogens is 3. The highest BCUT2D eigenvalue weighted by atomic mass is 19.4. The third kappa shape index (κ3) is 4.82. The third-order valence-electron chi connectivity index (χ3n) is 5.76. The zero-order valence-electron chi connectivity index (χ0n) is 17.2. The molecule has 11 heteroatoms. The van der Waals surface area contributed by atoms with E-state index < -0.39 is 11.7 Å². The SMILES string of the molecule is C[C@@H]1CN(C2CCOCC2)CCN1C(=O)Nc1ccn(-c2ncccc2C(F)(F)F)n1. The van der Waals surface area contributed by atoms with Crippen molar-refractivity contribution in [3.8, 4) is 5.82 Å². The molecule has 0 spiro atoms. The van der Waals surface area contributed by atoms with Gasteiger partial charge in [-0.2, -0.15) is 13.2 Å². The van der Waals surface area contributed by atoms with E-state index in [2.05, 4.69) is 20.3 Å². The molecule has 2 aromatic rings. The standard InChI is InChI=1S/C20H25F3N6O2/c1-14-13-27(15-5-11-31-12-6-15)9-10-28(14)19(30)25-17-4-8-29(26-17)18-16(20(21,22)23)3-2-7-24-18/h2-4,7-8,14-15H,5-6,9-13H2,1H3,(H,25,26,30)/t14-/m1/s1. The van der Waals surface area contributed by atoms with E-state index in [1.165, 1.54) is 24.5 Å². The Balaban J connectivity index is 1.40. The molecule has 0 saturated carbocycles. The van der Waals surface area contributed by atoms with Gasteiger partial charge in [-0.3, -0.25) is 10.2 Å². The average molecular weight is 438 g/mol. The topological polar surface area (TPSA) is 75.5 Å². The molecule has 0 aromatic carbocycles. The van der Waals surface area contributed by atoms with Crippen LogP contribution in [0.1, 0.15) is 25.3 Å². The van der Waals surface area contributed by atoms with Crippen LogP contribution in [0.3, 0.4) is 0 Å². The van der Waals surface area contributed by atoms with Crippen molar-refractivity contribution in [1.82, 2.24) is 24.6 Å². The number of piperazine rings is 1. The highest BCUT2D eigenvalue weighted by molar-refractivity contribution is 5.88. The Hall–Kier alpha value is -2.66. The molecule has 2 amide bonds. The summed E-state index contributed by atoms with van der Waals surface area (Å²) in [5.74, 6) is -0.170. The largest absolute Gasteiger partial charge is 0.420 e. The van der Waals surface area contributed by atoms with Gasteiger partial charge in [0, 0.05) is 63.4 Å². The molecule has 1 N–H and O–H groups in total. The summed E-state index contributed by atoms with van der Waals surface area (Å²) in [6.07, 6.45) is 0.0654. The smallest absolute Gasteiger partial charge is 0.381 e. The lowest BCUT2D eigenvalue weighted by atomic mass is 10.0. The number of alkyl halides is 3. The molecular weight excluding hydrogens is 413 g/mol. The van der Waals surface area contributed by atoms with Crippen molar-refractivity contribution < 1.29 is 22.7 Å². The molecule has 168 valence electrons. The van der Waals surface area contributed by atoms with Gasteiger partial charge in [-0.1, -0.05) is 0 Å². The van der Waals surface area contributed by atoms with Gasteiger partial charge < -0.3 is 9.64 Å². The number of amides is 2. The highest BCUT2D eigenvalue weighted by Gasteiger charge is 2.35. The molecule has 2 aliphatic rings. The first kappa shape index (κ1) is 21.6. The second kappa shape index (κ2) is 8.83. The summed E-state index contributed by atoms with van der Waals surface area (Å²) in [5, 5.41) is 6.77. The summed E-state index contributed by atoms with van der Waals surface area (Å²) in [6.45, 7) is 5.66. The molecule has 0 bridgehead atoms. The van der Waals surface area contributed by atoms with E-state index in [4.69, 9.17) is 4.74 Å². The van der Waals surface area contributed by atoms with Gasteiger partial charge in [0.05, 0.1) is 0 Å². The average Bonchev–Trinajstić information content (AvgIpc) is 3.22. The lowest BCUT2D eigenvalue weighted by Gasteiger charge is -2.44. The number of halogens is 3. The maximum Gasteiger partial charge on any atom is 0.420 e. The van der Waals surface area contributed by atoms with Gasteiger partial charge in [0.1, 0.15) is 5.56 Å². The molecule has 1 atom stereocenters. The molecule has 0 radical (unpaired) electrons. The second-order valence-corrected chi connectivity index (χ2v) is 7.83. The van der Waals surface area contributed by atoms with Crippen molar-refractivity contribution in [3.05, 3.63) is 36.2 Å². The van der Waals surface area contributed by atoms with Crippen molar-refractivity contribution in [1.29, 1.82) is 0 Å². The molecule has 2 saturated heterocycles. The fourth-order valence-corrected chi connectivity index (χ4v) is 4.16. The van der Waals surface area contributed by atoms with Crippen LogP contribution in [0.25, 0.3) is 5.82 Å². The molecular formula is C20H25F3N6O2.